The largest absolute Gasteiger partial charge is 0.489 e. The average molecular weight is 429 g/mol. The minimum absolute atomic E-state index is 0.0616. The van der Waals surface area contributed by atoms with E-state index in [1.54, 1.807) is 37.6 Å². The molecule has 1 N–H and O–H groups in total. The van der Waals surface area contributed by atoms with Crippen molar-refractivity contribution in [2.24, 2.45) is 0 Å². The zero-order chi connectivity index (χ0) is 22.3. The monoisotopic (exact) mass is 429 g/mol. The summed E-state index contributed by atoms with van der Waals surface area (Å²) in [5.41, 5.74) is 3.30. The number of nitrogens with zero attached hydrogens (tertiary/aromatic N) is 4. The van der Waals surface area contributed by atoms with E-state index in [1.807, 2.05) is 12.1 Å². The smallest absolute Gasteiger partial charge is 0.252 e. The van der Waals surface area contributed by atoms with Gasteiger partial charge in [-0.3, -0.25) is 9.78 Å². The molecule has 1 aliphatic heterocycles. The van der Waals surface area contributed by atoms with Crippen LogP contribution < -0.4 is 10.1 Å². The van der Waals surface area contributed by atoms with Gasteiger partial charge in [-0.05, 0) is 35.9 Å². The molecule has 162 valence electrons. The molecular formula is C24H23N5O3. The zero-order valence-electron chi connectivity index (χ0n) is 17.7. The maximum absolute atomic E-state index is 11.8. The van der Waals surface area contributed by atoms with Gasteiger partial charge in [0.05, 0.1) is 30.0 Å². The quantitative estimate of drug-likeness (QED) is 0.641. The van der Waals surface area contributed by atoms with E-state index in [0.29, 0.717) is 48.0 Å². The molecule has 0 aliphatic carbocycles. The Morgan fingerprint density at radius 2 is 2.09 bits per heavy atom. The number of hydrogen-bond donors (Lipinski definition) is 1. The Morgan fingerprint density at radius 3 is 2.88 bits per heavy atom. The van der Waals surface area contributed by atoms with Crippen LogP contribution in [0.3, 0.4) is 0 Å². The van der Waals surface area contributed by atoms with Crippen molar-refractivity contribution >= 4 is 5.91 Å². The molecule has 4 rings (SSSR count). The number of carbonyl (C=O) groups excluding carboxylic acids is 1. The van der Waals surface area contributed by atoms with Gasteiger partial charge in [0, 0.05) is 50.5 Å². The molecule has 1 amide bonds. The van der Waals surface area contributed by atoms with E-state index in [2.05, 4.69) is 26.3 Å². The standard InChI is InChI=1S/C24H23N5O3/c1-26-24(30)19-10-16(14-27-15-19)11-23-28-7-4-21(29-23)17-2-3-22(18(12-17)13-25)32-20-5-8-31-9-6-20/h2-4,7,10,12,14-15,20H,5-6,8-9,11H2,1H3,(H,26,30). The lowest BCUT2D eigenvalue weighted by Crippen LogP contribution is -2.26. The van der Waals surface area contributed by atoms with E-state index in [9.17, 15) is 10.1 Å². The average Bonchev–Trinajstić information content (AvgIpc) is 2.84. The van der Waals surface area contributed by atoms with Gasteiger partial charge in [0.15, 0.2) is 0 Å². The van der Waals surface area contributed by atoms with Crippen LogP contribution in [0.15, 0.2) is 48.9 Å². The molecule has 1 fully saturated rings. The lowest BCUT2D eigenvalue weighted by molar-refractivity contribution is 0.0254. The van der Waals surface area contributed by atoms with Crippen LogP contribution in [0.2, 0.25) is 0 Å². The molecule has 2 aromatic heterocycles. The number of nitriles is 1. The molecule has 0 unspecified atom stereocenters. The normalized spacial score (nSPS) is 13.9. The summed E-state index contributed by atoms with van der Waals surface area (Å²) in [6, 6.07) is 11.3. The third-order valence-corrected chi connectivity index (χ3v) is 5.21. The van der Waals surface area contributed by atoms with E-state index in [1.165, 1.54) is 6.20 Å². The van der Waals surface area contributed by atoms with Crippen LogP contribution in [0.4, 0.5) is 0 Å². The molecule has 3 heterocycles. The Bertz CT molecular complexity index is 1150. The first-order valence-electron chi connectivity index (χ1n) is 10.4. The van der Waals surface area contributed by atoms with E-state index >= 15 is 0 Å². The summed E-state index contributed by atoms with van der Waals surface area (Å²) in [7, 11) is 1.58. The Hall–Kier alpha value is -3.83. The molecule has 32 heavy (non-hydrogen) atoms. The van der Waals surface area contributed by atoms with E-state index in [0.717, 1.165) is 24.0 Å². The molecule has 8 nitrogen and oxygen atoms in total. The number of carbonyl (C=O) groups is 1. The van der Waals surface area contributed by atoms with Crippen molar-refractivity contribution in [3.63, 3.8) is 0 Å². The summed E-state index contributed by atoms with van der Waals surface area (Å²) in [5.74, 6) is 0.982. The Morgan fingerprint density at radius 1 is 1.25 bits per heavy atom. The summed E-state index contributed by atoms with van der Waals surface area (Å²) < 4.78 is 11.4. The highest BCUT2D eigenvalue weighted by atomic mass is 16.5. The minimum atomic E-state index is -0.193. The van der Waals surface area contributed by atoms with Gasteiger partial charge in [-0.1, -0.05) is 0 Å². The van der Waals surface area contributed by atoms with E-state index in [4.69, 9.17) is 9.47 Å². The van der Waals surface area contributed by atoms with Crippen molar-refractivity contribution in [2.45, 2.75) is 25.4 Å². The van der Waals surface area contributed by atoms with Gasteiger partial charge in [-0.15, -0.1) is 0 Å². The lowest BCUT2D eigenvalue weighted by Gasteiger charge is -2.23. The minimum Gasteiger partial charge on any atom is -0.489 e. The summed E-state index contributed by atoms with van der Waals surface area (Å²) in [6.07, 6.45) is 7.03. The molecule has 1 saturated heterocycles. The number of pyridine rings is 1. The van der Waals surface area contributed by atoms with Gasteiger partial charge in [0.2, 0.25) is 0 Å². The van der Waals surface area contributed by atoms with Gasteiger partial charge in [-0.25, -0.2) is 9.97 Å². The Kier molecular flexibility index (Phi) is 6.68. The molecule has 0 spiro atoms. The fourth-order valence-corrected chi connectivity index (χ4v) is 3.53. The second kappa shape index (κ2) is 9.98. The van der Waals surface area contributed by atoms with E-state index < -0.39 is 0 Å². The maximum atomic E-state index is 11.8. The van der Waals surface area contributed by atoms with Crippen molar-refractivity contribution in [1.82, 2.24) is 20.3 Å². The highest BCUT2D eigenvalue weighted by Crippen LogP contribution is 2.27. The van der Waals surface area contributed by atoms with Gasteiger partial charge in [-0.2, -0.15) is 5.26 Å². The third kappa shape index (κ3) is 5.07. The summed E-state index contributed by atoms with van der Waals surface area (Å²) >= 11 is 0. The molecule has 8 heteroatoms. The van der Waals surface area contributed by atoms with Gasteiger partial charge in [0.25, 0.3) is 5.91 Å². The Balaban J connectivity index is 1.54. The first kappa shape index (κ1) is 21.4. The molecule has 0 saturated carbocycles. The first-order valence-corrected chi connectivity index (χ1v) is 10.4. The van der Waals surface area contributed by atoms with Crippen molar-refractivity contribution in [1.29, 1.82) is 5.26 Å². The fraction of sp³-hybridized carbons (Fsp3) is 0.292. The predicted molar refractivity (Wildman–Crippen MR) is 117 cm³/mol. The number of benzene rings is 1. The number of amides is 1. The molecule has 1 aromatic carbocycles. The third-order valence-electron chi connectivity index (χ3n) is 5.21. The maximum Gasteiger partial charge on any atom is 0.252 e. The number of rotatable bonds is 6. The number of hydrogen-bond acceptors (Lipinski definition) is 7. The highest BCUT2D eigenvalue weighted by molar-refractivity contribution is 5.93. The predicted octanol–water partition coefficient (Wildman–Crippen LogP) is 2.92. The van der Waals surface area contributed by atoms with Crippen molar-refractivity contribution < 1.29 is 14.3 Å². The summed E-state index contributed by atoms with van der Waals surface area (Å²) in [5, 5.41) is 12.2. The summed E-state index contributed by atoms with van der Waals surface area (Å²) in [6.45, 7) is 1.35. The number of aromatic nitrogens is 3. The second-order valence-corrected chi connectivity index (χ2v) is 7.45. The number of nitrogens with one attached hydrogen (secondary N) is 1. The van der Waals surface area contributed by atoms with Crippen molar-refractivity contribution in [2.75, 3.05) is 20.3 Å². The lowest BCUT2D eigenvalue weighted by atomic mass is 10.1. The molecule has 1 aliphatic rings. The van der Waals surface area contributed by atoms with Crippen molar-refractivity contribution in [3.05, 3.63) is 71.4 Å². The molecule has 0 bridgehead atoms. The Labute approximate surface area is 186 Å². The van der Waals surface area contributed by atoms with Gasteiger partial charge < -0.3 is 14.8 Å². The topological polar surface area (TPSA) is 110 Å². The first-order chi connectivity index (χ1) is 15.7. The molecular weight excluding hydrogens is 406 g/mol. The van der Waals surface area contributed by atoms with Crippen LogP contribution in [0, 0.1) is 11.3 Å². The zero-order valence-corrected chi connectivity index (χ0v) is 17.7. The molecule has 0 atom stereocenters. The van der Waals surface area contributed by atoms with E-state index in [-0.39, 0.29) is 12.0 Å². The van der Waals surface area contributed by atoms with Crippen LogP contribution in [-0.4, -0.2) is 47.2 Å². The molecule has 3 aromatic rings. The summed E-state index contributed by atoms with van der Waals surface area (Å²) in [4.78, 5) is 25.0. The highest BCUT2D eigenvalue weighted by Gasteiger charge is 2.17. The van der Waals surface area contributed by atoms with Crippen LogP contribution in [0.1, 0.15) is 40.2 Å². The van der Waals surface area contributed by atoms with Gasteiger partial charge >= 0.3 is 0 Å². The van der Waals surface area contributed by atoms with Crippen LogP contribution in [0.5, 0.6) is 5.75 Å². The fourth-order valence-electron chi connectivity index (χ4n) is 3.53. The van der Waals surface area contributed by atoms with Crippen molar-refractivity contribution in [3.8, 4) is 23.1 Å². The molecule has 0 radical (unpaired) electrons. The van der Waals surface area contributed by atoms with Crippen LogP contribution in [0.25, 0.3) is 11.3 Å². The second-order valence-electron chi connectivity index (χ2n) is 7.45. The SMILES string of the molecule is CNC(=O)c1cncc(Cc2nccc(-c3ccc(OC4CCOCC4)c(C#N)c3)n2)c1. The van der Waals surface area contributed by atoms with Gasteiger partial charge in [0.1, 0.15) is 23.7 Å². The number of ether oxygens (including phenoxy) is 2. The van der Waals surface area contributed by atoms with Crippen LogP contribution in [-0.2, 0) is 11.2 Å². The van der Waals surface area contributed by atoms with Crippen LogP contribution >= 0.6 is 0 Å².